The number of ether oxygens (including phenoxy) is 1. The average molecular weight is 563 g/mol. The fraction of sp³-hybridized carbons (Fsp3) is 0.125. The van der Waals surface area contributed by atoms with E-state index < -0.39 is 27.9 Å². The number of aliphatic hydroxyl groups is 1. The topological polar surface area (TPSA) is 143 Å². The van der Waals surface area contributed by atoms with Crippen LogP contribution < -0.4 is 20.7 Å². The molecule has 192 valence electrons. The summed E-state index contributed by atoms with van der Waals surface area (Å²) in [5, 5.41) is 13.4. The highest BCUT2D eigenvalue weighted by Gasteiger charge is 2.20. The van der Waals surface area contributed by atoms with Crippen LogP contribution in [0.5, 0.6) is 11.5 Å². The molecule has 1 heterocycles. The van der Waals surface area contributed by atoms with Crippen molar-refractivity contribution in [2.75, 3.05) is 6.54 Å². The van der Waals surface area contributed by atoms with E-state index in [0.29, 0.717) is 6.42 Å². The number of rotatable bonds is 9. The number of nitrogens with one attached hydrogen (secondary N) is 2. The molecule has 0 saturated carbocycles. The van der Waals surface area contributed by atoms with Gasteiger partial charge in [-0.05, 0) is 35.7 Å². The summed E-state index contributed by atoms with van der Waals surface area (Å²) in [6.07, 6.45) is 1.40. The number of H-pyrrole nitrogens is 1. The van der Waals surface area contributed by atoms with E-state index in [1.165, 1.54) is 30.3 Å². The first-order chi connectivity index (χ1) is 17.7. The molecule has 4 rings (SSSR count). The van der Waals surface area contributed by atoms with Crippen LogP contribution in [0.4, 0.5) is 0 Å². The summed E-state index contributed by atoms with van der Waals surface area (Å²) in [5.41, 5.74) is -0.134. The number of nitrogens with zero attached hydrogens (tertiary/aromatic N) is 2. The van der Waals surface area contributed by atoms with Gasteiger partial charge in [-0.25, -0.2) is 17.9 Å². The minimum absolute atomic E-state index is 0.000900. The lowest BCUT2D eigenvalue weighted by molar-refractivity contribution is 0.278. The van der Waals surface area contributed by atoms with E-state index in [2.05, 4.69) is 14.8 Å². The Labute approximate surface area is 221 Å². The van der Waals surface area contributed by atoms with Crippen molar-refractivity contribution in [1.82, 2.24) is 19.5 Å². The summed E-state index contributed by atoms with van der Waals surface area (Å²) in [4.78, 5) is 25.2. The van der Waals surface area contributed by atoms with Gasteiger partial charge in [0, 0.05) is 12.6 Å². The van der Waals surface area contributed by atoms with Crippen molar-refractivity contribution in [3.8, 4) is 17.2 Å². The summed E-state index contributed by atoms with van der Waals surface area (Å²) < 4.78 is 35.2. The molecule has 0 unspecified atom stereocenters. The molecule has 0 amide bonds. The summed E-state index contributed by atoms with van der Waals surface area (Å²) in [5.74, 6) is 0.0956. The van der Waals surface area contributed by atoms with E-state index in [0.717, 1.165) is 16.4 Å². The van der Waals surface area contributed by atoms with Crippen LogP contribution >= 0.6 is 23.2 Å². The number of benzene rings is 3. The molecule has 0 spiro atoms. The van der Waals surface area contributed by atoms with Crippen LogP contribution in [0.25, 0.3) is 5.69 Å². The number of sulfonamides is 1. The second-order valence-electron chi connectivity index (χ2n) is 7.75. The minimum atomic E-state index is -3.99. The number of aromatic nitrogens is 3. The molecule has 0 aliphatic rings. The maximum absolute atomic E-state index is 13.0. The third kappa shape index (κ3) is 6.27. The van der Waals surface area contributed by atoms with Gasteiger partial charge in [-0.15, -0.1) is 0 Å². The molecule has 13 heteroatoms. The zero-order valence-electron chi connectivity index (χ0n) is 19.0. The predicted octanol–water partition coefficient (Wildman–Crippen LogP) is 3.03. The largest absolute Gasteiger partial charge is 0.454 e. The molecule has 37 heavy (non-hydrogen) atoms. The molecule has 0 atom stereocenters. The number of aliphatic hydroxyl groups excluding tert-OH is 1. The molecule has 0 radical (unpaired) electrons. The second-order valence-corrected chi connectivity index (χ2v) is 10.3. The first kappa shape index (κ1) is 26.6. The molecule has 0 aliphatic carbocycles. The van der Waals surface area contributed by atoms with Crippen molar-refractivity contribution in [1.29, 1.82) is 0 Å². The van der Waals surface area contributed by atoms with Gasteiger partial charge in [0.25, 0.3) is 5.56 Å². The molecule has 0 aliphatic heterocycles. The van der Waals surface area contributed by atoms with Crippen LogP contribution in [-0.2, 0) is 23.1 Å². The van der Waals surface area contributed by atoms with Crippen molar-refractivity contribution in [2.45, 2.75) is 17.9 Å². The van der Waals surface area contributed by atoms with Gasteiger partial charge in [-0.1, -0.05) is 59.6 Å². The summed E-state index contributed by atoms with van der Waals surface area (Å²) in [6, 6.07) is 16.2. The highest BCUT2D eigenvalue weighted by Crippen LogP contribution is 2.38. The first-order valence-corrected chi connectivity index (χ1v) is 13.0. The van der Waals surface area contributed by atoms with Crippen LogP contribution in [0.2, 0.25) is 10.0 Å². The summed E-state index contributed by atoms with van der Waals surface area (Å²) in [6.45, 7) is -0.355. The normalized spacial score (nSPS) is 11.4. The quantitative estimate of drug-likeness (QED) is 0.284. The van der Waals surface area contributed by atoms with E-state index in [9.17, 15) is 23.1 Å². The predicted molar refractivity (Wildman–Crippen MR) is 138 cm³/mol. The molecule has 0 saturated heterocycles. The van der Waals surface area contributed by atoms with Crippen molar-refractivity contribution < 1.29 is 18.3 Å². The highest BCUT2D eigenvalue weighted by atomic mass is 35.5. The molecule has 0 fully saturated rings. The Bertz CT molecular complexity index is 1630. The van der Waals surface area contributed by atoms with Crippen LogP contribution in [0.1, 0.15) is 11.1 Å². The standard InChI is InChI=1S/C24H20Cl2N4O6S/c25-19-10-17(30-24(33)29-22(32)13-27-30)11-20(26)23(19)36-18-7-6-16(14-31)21(12-18)37(34,35)28-9-8-15-4-2-1-3-5-15/h1-7,10-13,28,31H,8-9,14H2,(H,29,32,33). The van der Waals surface area contributed by atoms with Gasteiger partial charge in [0.2, 0.25) is 10.0 Å². The fourth-order valence-corrected chi connectivity index (χ4v) is 5.28. The number of hydrogen-bond acceptors (Lipinski definition) is 7. The molecular formula is C24H20Cl2N4O6S. The summed E-state index contributed by atoms with van der Waals surface area (Å²) >= 11 is 12.7. The lowest BCUT2D eigenvalue weighted by Gasteiger charge is -2.15. The van der Waals surface area contributed by atoms with E-state index in [-0.39, 0.29) is 44.2 Å². The molecule has 0 bridgehead atoms. The number of aromatic amines is 1. The zero-order valence-corrected chi connectivity index (χ0v) is 21.3. The first-order valence-electron chi connectivity index (χ1n) is 10.8. The average Bonchev–Trinajstić information content (AvgIpc) is 2.86. The molecule has 3 N–H and O–H groups in total. The zero-order chi connectivity index (χ0) is 26.6. The molecular weight excluding hydrogens is 543 g/mol. The fourth-order valence-electron chi connectivity index (χ4n) is 3.45. The van der Waals surface area contributed by atoms with Crippen LogP contribution in [-0.4, -0.2) is 34.8 Å². The van der Waals surface area contributed by atoms with E-state index >= 15 is 0 Å². The summed E-state index contributed by atoms with van der Waals surface area (Å²) in [7, 11) is -3.99. The Morgan fingerprint density at radius 1 is 1.03 bits per heavy atom. The monoisotopic (exact) mass is 562 g/mol. The van der Waals surface area contributed by atoms with Crippen molar-refractivity contribution in [3.63, 3.8) is 0 Å². The van der Waals surface area contributed by atoms with Gasteiger partial charge < -0.3 is 9.84 Å². The molecule has 1 aromatic heterocycles. The van der Waals surface area contributed by atoms with Gasteiger partial charge in [-0.2, -0.15) is 9.78 Å². The highest BCUT2D eigenvalue weighted by molar-refractivity contribution is 7.89. The maximum atomic E-state index is 13.0. The van der Waals surface area contributed by atoms with E-state index in [4.69, 9.17) is 27.9 Å². The Hall–Kier alpha value is -3.48. The number of hydrogen-bond donors (Lipinski definition) is 3. The maximum Gasteiger partial charge on any atom is 0.349 e. The van der Waals surface area contributed by atoms with Gasteiger partial charge in [0.15, 0.2) is 5.75 Å². The van der Waals surface area contributed by atoms with Crippen LogP contribution in [0, 0.1) is 0 Å². The molecule has 10 nitrogen and oxygen atoms in total. The van der Waals surface area contributed by atoms with Gasteiger partial charge >= 0.3 is 5.69 Å². The Morgan fingerprint density at radius 3 is 2.38 bits per heavy atom. The Morgan fingerprint density at radius 2 is 1.73 bits per heavy atom. The minimum Gasteiger partial charge on any atom is -0.454 e. The van der Waals surface area contributed by atoms with Crippen LogP contribution in [0.15, 0.2) is 81.3 Å². The number of halogens is 2. The Kier molecular flexibility index (Phi) is 8.10. The third-order valence-electron chi connectivity index (χ3n) is 5.21. The second kappa shape index (κ2) is 11.3. The van der Waals surface area contributed by atoms with Crippen molar-refractivity contribution in [3.05, 3.63) is 109 Å². The third-order valence-corrected chi connectivity index (χ3v) is 7.31. The van der Waals surface area contributed by atoms with Crippen LogP contribution in [0.3, 0.4) is 0 Å². The SMILES string of the molecule is O=c1cnn(-c2cc(Cl)c(Oc3ccc(CO)c(S(=O)(=O)NCCc4ccccc4)c3)c(Cl)c2)c(=O)[nH]1. The lowest BCUT2D eigenvalue weighted by atomic mass is 10.2. The molecule has 3 aromatic carbocycles. The Balaban J connectivity index is 1.59. The van der Waals surface area contributed by atoms with E-state index in [1.54, 1.807) is 0 Å². The molecule has 4 aromatic rings. The van der Waals surface area contributed by atoms with E-state index in [1.807, 2.05) is 30.3 Å². The van der Waals surface area contributed by atoms with Gasteiger partial charge in [0.05, 0.1) is 27.2 Å². The van der Waals surface area contributed by atoms with Crippen molar-refractivity contribution in [2.24, 2.45) is 0 Å². The van der Waals surface area contributed by atoms with Gasteiger partial charge in [0.1, 0.15) is 11.9 Å². The smallest absolute Gasteiger partial charge is 0.349 e. The van der Waals surface area contributed by atoms with Crippen molar-refractivity contribution >= 4 is 33.2 Å². The lowest BCUT2D eigenvalue weighted by Crippen LogP contribution is -2.30. The van der Waals surface area contributed by atoms with Gasteiger partial charge in [-0.3, -0.25) is 9.78 Å².